The van der Waals surface area contributed by atoms with Gasteiger partial charge in [-0.15, -0.1) is 0 Å². The average molecular weight is 358 g/mol. The van der Waals surface area contributed by atoms with Crippen molar-refractivity contribution in [2.24, 2.45) is 5.92 Å². The summed E-state index contributed by atoms with van der Waals surface area (Å²) in [6.45, 7) is 5.29. The van der Waals surface area contributed by atoms with Gasteiger partial charge in [0.25, 0.3) is 0 Å². The predicted octanol–water partition coefficient (Wildman–Crippen LogP) is 1.64. The van der Waals surface area contributed by atoms with E-state index in [1.165, 1.54) is 25.0 Å². The lowest BCUT2D eigenvalue weighted by molar-refractivity contribution is -0.149. The molecule has 1 atom stereocenters. The second kappa shape index (κ2) is 6.64. The van der Waals surface area contributed by atoms with Gasteiger partial charge in [0, 0.05) is 50.3 Å². The standard InChI is InChI=1S/C20H31N5O/c26-19(15-3-1-4-15)25-10-6-17-18(23-14-22-17)20(25)7-11-24(12-8-20)16-5-2-9-21-13-16/h14-16,21H,1-13H2,(H,22,23)/t16-/m0/s1. The largest absolute Gasteiger partial charge is 0.348 e. The quantitative estimate of drug-likeness (QED) is 0.845. The van der Waals surface area contributed by atoms with Crippen LogP contribution in [0.4, 0.5) is 0 Å². The highest BCUT2D eigenvalue weighted by atomic mass is 16.2. The van der Waals surface area contributed by atoms with Crippen LogP contribution in [0.25, 0.3) is 0 Å². The Morgan fingerprint density at radius 3 is 2.69 bits per heavy atom. The van der Waals surface area contributed by atoms with Crippen molar-refractivity contribution in [1.29, 1.82) is 0 Å². The molecule has 0 aromatic carbocycles. The van der Waals surface area contributed by atoms with Gasteiger partial charge < -0.3 is 15.2 Å². The van der Waals surface area contributed by atoms with E-state index in [2.05, 4.69) is 20.1 Å². The first kappa shape index (κ1) is 16.8. The summed E-state index contributed by atoms with van der Waals surface area (Å²) in [5, 5.41) is 3.55. The summed E-state index contributed by atoms with van der Waals surface area (Å²) in [6, 6.07) is 0.666. The summed E-state index contributed by atoms with van der Waals surface area (Å²) in [5.41, 5.74) is 2.26. The maximum Gasteiger partial charge on any atom is 0.226 e. The number of likely N-dealkylation sites (tertiary alicyclic amines) is 1. The summed E-state index contributed by atoms with van der Waals surface area (Å²) < 4.78 is 0. The minimum absolute atomic E-state index is 0.168. The van der Waals surface area contributed by atoms with Crippen molar-refractivity contribution in [2.45, 2.75) is 62.9 Å². The fraction of sp³-hybridized carbons (Fsp3) is 0.800. The summed E-state index contributed by atoms with van der Waals surface area (Å²) in [4.78, 5) is 26.2. The Labute approximate surface area is 155 Å². The van der Waals surface area contributed by atoms with E-state index in [-0.39, 0.29) is 11.5 Å². The highest BCUT2D eigenvalue weighted by molar-refractivity contribution is 5.81. The molecule has 1 amide bonds. The Morgan fingerprint density at radius 2 is 2.00 bits per heavy atom. The van der Waals surface area contributed by atoms with Crippen LogP contribution in [-0.4, -0.2) is 64.4 Å². The van der Waals surface area contributed by atoms with Crippen molar-refractivity contribution in [3.05, 3.63) is 17.7 Å². The molecular formula is C20H31N5O. The Kier molecular flexibility index (Phi) is 4.28. The Hall–Kier alpha value is -1.40. The van der Waals surface area contributed by atoms with Crippen LogP contribution < -0.4 is 5.32 Å². The van der Waals surface area contributed by atoms with Crippen LogP contribution in [0.15, 0.2) is 6.33 Å². The SMILES string of the molecule is O=C(C1CCC1)N1CCc2[nH]cnc2C12CCN([C@H]1CCCNC1)CC2. The fourth-order valence-electron chi connectivity index (χ4n) is 5.59. The Morgan fingerprint density at radius 1 is 1.15 bits per heavy atom. The number of H-pyrrole nitrogens is 1. The number of amides is 1. The van der Waals surface area contributed by atoms with Crippen LogP contribution in [0.2, 0.25) is 0 Å². The molecule has 4 aliphatic rings. The third kappa shape index (κ3) is 2.61. The summed E-state index contributed by atoms with van der Waals surface area (Å²) in [7, 11) is 0. The number of rotatable bonds is 2. The molecule has 1 aromatic rings. The highest BCUT2D eigenvalue weighted by Gasteiger charge is 2.50. The molecule has 6 nitrogen and oxygen atoms in total. The molecule has 3 fully saturated rings. The lowest BCUT2D eigenvalue weighted by Gasteiger charge is -2.53. The second-order valence-electron chi connectivity index (χ2n) is 8.67. The number of fused-ring (bicyclic) bond motifs is 2. The van der Waals surface area contributed by atoms with E-state index in [9.17, 15) is 4.79 Å². The fourth-order valence-corrected chi connectivity index (χ4v) is 5.59. The first-order valence-electron chi connectivity index (χ1n) is 10.6. The first-order valence-corrected chi connectivity index (χ1v) is 10.6. The van der Waals surface area contributed by atoms with E-state index in [1.807, 2.05) is 6.33 Å². The number of nitrogens with zero attached hydrogens (tertiary/aromatic N) is 3. The van der Waals surface area contributed by atoms with E-state index >= 15 is 0 Å². The van der Waals surface area contributed by atoms with E-state index in [0.717, 1.165) is 70.5 Å². The van der Waals surface area contributed by atoms with Crippen molar-refractivity contribution in [3.8, 4) is 0 Å². The average Bonchev–Trinajstić information content (AvgIpc) is 3.12. The van der Waals surface area contributed by atoms with Gasteiger partial charge in [-0.25, -0.2) is 4.98 Å². The van der Waals surface area contributed by atoms with Gasteiger partial charge in [0.15, 0.2) is 0 Å². The number of hydrogen-bond acceptors (Lipinski definition) is 4. The third-order valence-corrected chi connectivity index (χ3v) is 7.39. The van der Waals surface area contributed by atoms with E-state index in [4.69, 9.17) is 4.98 Å². The van der Waals surface area contributed by atoms with Crippen LogP contribution in [0.1, 0.15) is 56.3 Å². The molecule has 5 rings (SSSR count). The van der Waals surface area contributed by atoms with Gasteiger partial charge in [0.2, 0.25) is 5.91 Å². The molecule has 0 unspecified atom stereocenters. The molecule has 26 heavy (non-hydrogen) atoms. The predicted molar refractivity (Wildman–Crippen MR) is 99.7 cm³/mol. The normalized spacial score (nSPS) is 29.4. The zero-order valence-electron chi connectivity index (χ0n) is 15.7. The van der Waals surface area contributed by atoms with Crippen molar-refractivity contribution in [3.63, 3.8) is 0 Å². The van der Waals surface area contributed by atoms with Crippen LogP contribution in [0, 0.1) is 5.92 Å². The van der Waals surface area contributed by atoms with Gasteiger partial charge in [-0.3, -0.25) is 9.69 Å². The van der Waals surface area contributed by atoms with Crippen molar-refractivity contribution in [2.75, 3.05) is 32.7 Å². The molecule has 0 bridgehead atoms. The molecule has 2 N–H and O–H groups in total. The maximum atomic E-state index is 13.2. The molecule has 142 valence electrons. The smallest absolute Gasteiger partial charge is 0.226 e. The number of hydrogen-bond donors (Lipinski definition) is 2. The minimum atomic E-state index is -0.168. The monoisotopic (exact) mass is 357 g/mol. The second-order valence-corrected chi connectivity index (χ2v) is 8.67. The van der Waals surface area contributed by atoms with Crippen molar-refractivity contribution in [1.82, 2.24) is 25.1 Å². The van der Waals surface area contributed by atoms with Crippen LogP contribution in [0.5, 0.6) is 0 Å². The summed E-state index contributed by atoms with van der Waals surface area (Å²) >= 11 is 0. The van der Waals surface area contributed by atoms with Gasteiger partial charge in [-0.05, 0) is 45.1 Å². The topological polar surface area (TPSA) is 64.3 Å². The molecule has 1 aliphatic carbocycles. The molecule has 1 saturated carbocycles. The zero-order valence-corrected chi connectivity index (χ0v) is 15.7. The van der Waals surface area contributed by atoms with Crippen LogP contribution >= 0.6 is 0 Å². The Bertz CT molecular complexity index is 653. The van der Waals surface area contributed by atoms with E-state index < -0.39 is 0 Å². The van der Waals surface area contributed by atoms with E-state index in [1.54, 1.807) is 0 Å². The summed E-state index contributed by atoms with van der Waals surface area (Å²) in [6.07, 6.45) is 10.8. The van der Waals surface area contributed by atoms with Gasteiger partial charge in [-0.1, -0.05) is 6.42 Å². The number of piperidine rings is 2. The number of carbonyl (C=O) groups excluding carboxylic acids is 1. The van der Waals surface area contributed by atoms with Crippen molar-refractivity contribution >= 4 is 5.91 Å². The number of imidazole rings is 1. The maximum absolute atomic E-state index is 13.2. The molecule has 2 saturated heterocycles. The van der Waals surface area contributed by atoms with Crippen molar-refractivity contribution < 1.29 is 4.79 Å². The summed E-state index contributed by atoms with van der Waals surface area (Å²) in [5.74, 6) is 0.672. The van der Waals surface area contributed by atoms with E-state index in [0.29, 0.717) is 11.9 Å². The number of aromatic amines is 1. The zero-order chi connectivity index (χ0) is 17.6. The molecule has 3 aliphatic heterocycles. The lowest BCUT2D eigenvalue weighted by Crippen LogP contribution is -2.61. The number of aromatic nitrogens is 2. The lowest BCUT2D eigenvalue weighted by atomic mass is 9.75. The Balaban J connectivity index is 1.39. The highest BCUT2D eigenvalue weighted by Crippen LogP contribution is 2.44. The number of nitrogens with one attached hydrogen (secondary N) is 2. The number of carbonyl (C=O) groups is 1. The molecule has 4 heterocycles. The van der Waals surface area contributed by atoms with Gasteiger partial charge in [-0.2, -0.15) is 0 Å². The molecular weight excluding hydrogens is 326 g/mol. The van der Waals surface area contributed by atoms with Gasteiger partial charge in [0.05, 0.1) is 17.6 Å². The molecule has 1 spiro atoms. The molecule has 1 aromatic heterocycles. The van der Waals surface area contributed by atoms with Gasteiger partial charge in [0.1, 0.15) is 0 Å². The third-order valence-electron chi connectivity index (χ3n) is 7.39. The van der Waals surface area contributed by atoms with Crippen LogP contribution in [-0.2, 0) is 16.8 Å². The minimum Gasteiger partial charge on any atom is -0.348 e. The molecule has 6 heteroatoms. The molecule has 0 radical (unpaired) electrons. The van der Waals surface area contributed by atoms with Gasteiger partial charge >= 0.3 is 0 Å². The van der Waals surface area contributed by atoms with Crippen LogP contribution in [0.3, 0.4) is 0 Å². The first-order chi connectivity index (χ1) is 12.8.